The molecule has 0 saturated heterocycles. The summed E-state index contributed by atoms with van der Waals surface area (Å²) in [5.74, 6) is 0. The molecule has 0 fully saturated rings. The number of hydrogen-bond acceptors (Lipinski definition) is 3. The van der Waals surface area contributed by atoms with Crippen LogP contribution in [0, 0.1) is 0 Å². The maximum Gasteiger partial charge on any atom is 0.0400 e. The highest BCUT2D eigenvalue weighted by Crippen LogP contribution is 2.00. The molecule has 0 aliphatic rings. The van der Waals surface area contributed by atoms with Crippen LogP contribution < -0.4 is 0 Å². The Hall–Kier alpha value is -0.900. The Morgan fingerprint density at radius 2 is 1.47 bits per heavy atom. The van der Waals surface area contributed by atoms with Gasteiger partial charge in [-0.3, -0.25) is 10.4 Å². The van der Waals surface area contributed by atoms with Gasteiger partial charge in [0.2, 0.25) is 0 Å². The van der Waals surface area contributed by atoms with Crippen molar-refractivity contribution in [1.82, 2.24) is 5.23 Å². The van der Waals surface area contributed by atoms with Crippen molar-refractivity contribution in [1.29, 1.82) is 0 Å². The minimum Gasteiger partial charge on any atom is -0.290 e. The van der Waals surface area contributed by atoms with Crippen molar-refractivity contribution in [3.05, 3.63) is 35.9 Å². The zero-order valence-electron chi connectivity index (χ0n) is 10.1. The summed E-state index contributed by atoms with van der Waals surface area (Å²) >= 11 is 0. The molecule has 0 radical (unpaired) electrons. The van der Waals surface area contributed by atoms with Gasteiger partial charge in [0.15, 0.2) is 0 Å². The van der Waals surface area contributed by atoms with Gasteiger partial charge in [-0.05, 0) is 12.0 Å². The lowest BCUT2D eigenvalue weighted by atomic mass is 10.1. The summed E-state index contributed by atoms with van der Waals surface area (Å²) < 4.78 is 0. The number of rotatable bonds is 2. The fourth-order valence-electron chi connectivity index (χ4n) is 0.933. The first-order valence-electron chi connectivity index (χ1n) is 5.32. The lowest BCUT2D eigenvalue weighted by molar-refractivity contribution is -0.287. The molecule has 2 N–H and O–H groups in total. The summed E-state index contributed by atoms with van der Waals surface area (Å²) in [6.07, 6.45) is 2.45. The lowest BCUT2D eigenvalue weighted by Crippen LogP contribution is -2.02. The molecule has 0 unspecified atom stereocenters. The number of hydroxylamine groups is 2. The first kappa shape index (κ1) is 16.5. The fourth-order valence-corrected chi connectivity index (χ4v) is 0.933. The first-order chi connectivity index (χ1) is 7.16. The molecule has 3 heteroatoms. The van der Waals surface area contributed by atoms with Crippen molar-refractivity contribution in [3.63, 3.8) is 0 Å². The van der Waals surface area contributed by atoms with Gasteiger partial charge in [-0.2, -0.15) is 0 Å². The third-order valence-corrected chi connectivity index (χ3v) is 1.38. The third kappa shape index (κ3) is 15.8. The summed E-state index contributed by atoms with van der Waals surface area (Å²) in [5, 5.41) is 14.9. The molecule has 0 atom stereocenters. The topological polar surface area (TPSA) is 43.7 Å². The fraction of sp³-hybridized carbons (Fsp3) is 0.500. The van der Waals surface area contributed by atoms with Crippen molar-refractivity contribution >= 4 is 0 Å². The quantitative estimate of drug-likeness (QED) is 0.740. The molecule has 0 aromatic heterocycles. The minimum absolute atomic E-state index is 0. The van der Waals surface area contributed by atoms with Crippen molar-refractivity contribution in [2.45, 2.75) is 33.6 Å². The molecule has 0 amide bonds. The summed E-state index contributed by atoms with van der Waals surface area (Å²) in [7, 11) is 1.11. The molecule has 1 aromatic rings. The highest BCUT2D eigenvalue weighted by atomic mass is 16.8. The molecule has 3 nitrogen and oxygen atoms in total. The minimum atomic E-state index is 0. The molecule has 0 spiro atoms. The SMILES string of the molecule is CC.CCCc1ccccc1.CN(O)O. The summed E-state index contributed by atoms with van der Waals surface area (Å²) in [5.41, 5.74) is 1.44. The van der Waals surface area contributed by atoms with Crippen LogP contribution in [0.2, 0.25) is 0 Å². The first-order valence-corrected chi connectivity index (χ1v) is 5.32. The Bertz CT molecular complexity index is 197. The second kappa shape index (κ2) is 13.1. The molecule has 1 aromatic carbocycles. The van der Waals surface area contributed by atoms with Crippen molar-refractivity contribution < 1.29 is 10.4 Å². The molecule has 88 valence electrons. The van der Waals surface area contributed by atoms with Crippen molar-refractivity contribution in [2.75, 3.05) is 7.05 Å². The number of benzene rings is 1. The van der Waals surface area contributed by atoms with E-state index in [0.29, 0.717) is 0 Å². The van der Waals surface area contributed by atoms with Crippen molar-refractivity contribution in [2.24, 2.45) is 0 Å². The van der Waals surface area contributed by atoms with E-state index >= 15 is 0 Å². The van der Waals surface area contributed by atoms with E-state index in [-0.39, 0.29) is 5.23 Å². The Morgan fingerprint density at radius 3 is 1.80 bits per heavy atom. The van der Waals surface area contributed by atoms with Crippen LogP contribution in [0.15, 0.2) is 30.3 Å². The predicted molar refractivity (Wildman–Crippen MR) is 63.1 cm³/mol. The maximum atomic E-state index is 7.44. The molecule has 0 heterocycles. The second-order valence-electron chi connectivity index (χ2n) is 2.73. The van der Waals surface area contributed by atoms with E-state index < -0.39 is 0 Å². The van der Waals surface area contributed by atoms with E-state index in [1.807, 2.05) is 13.8 Å². The van der Waals surface area contributed by atoms with Crippen LogP contribution in [0.4, 0.5) is 0 Å². The molecule has 0 saturated carbocycles. The van der Waals surface area contributed by atoms with Crippen LogP contribution in [0.5, 0.6) is 0 Å². The van der Waals surface area contributed by atoms with E-state index in [1.165, 1.54) is 18.4 Å². The normalized spacial score (nSPS) is 8.47. The Labute approximate surface area is 92.9 Å². The van der Waals surface area contributed by atoms with E-state index in [1.54, 1.807) is 0 Å². The van der Waals surface area contributed by atoms with E-state index in [4.69, 9.17) is 10.4 Å². The number of nitrogens with zero attached hydrogens (tertiary/aromatic N) is 1. The largest absolute Gasteiger partial charge is 0.290 e. The zero-order chi connectivity index (χ0) is 12.1. The average molecular weight is 213 g/mol. The maximum absolute atomic E-state index is 7.44. The molecule has 0 aliphatic carbocycles. The third-order valence-electron chi connectivity index (χ3n) is 1.38. The van der Waals surface area contributed by atoms with Gasteiger partial charge >= 0.3 is 0 Å². The Balaban J connectivity index is 0. The summed E-state index contributed by atoms with van der Waals surface area (Å²) in [6.45, 7) is 6.20. The second-order valence-corrected chi connectivity index (χ2v) is 2.73. The highest BCUT2D eigenvalue weighted by molar-refractivity contribution is 5.14. The average Bonchev–Trinajstić information content (AvgIpc) is 2.22. The Kier molecular flexibility index (Phi) is 14.4. The molecule has 0 aliphatic heterocycles. The molecule has 1 rings (SSSR count). The van der Waals surface area contributed by atoms with Gasteiger partial charge in [0.25, 0.3) is 0 Å². The molecular weight excluding hydrogens is 190 g/mol. The smallest absolute Gasteiger partial charge is 0.0400 e. The summed E-state index contributed by atoms with van der Waals surface area (Å²) in [6, 6.07) is 10.6. The number of aryl methyl sites for hydroxylation is 1. The summed E-state index contributed by atoms with van der Waals surface area (Å²) in [4.78, 5) is 0. The number of hydrogen-bond donors (Lipinski definition) is 2. The molecule has 15 heavy (non-hydrogen) atoms. The van der Waals surface area contributed by atoms with Crippen LogP contribution in [0.1, 0.15) is 32.8 Å². The zero-order valence-corrected chi connectivity index (χ0v) is 10.1. The van der Waals surface area contributed by atoms with Gasteiger partial charge in [-0.1, -0.05) is 62.8 Å². The van der Waals surface area contributed by atoms with E-state index in [0.717, 1.165) is 7.05 Å². The van der Waals surface area contributed by atoms with Crippen LogP contribution in [-0.4, -0.2) is 22.7 Å². The van der Waals surface area contributed by atoms with Crippen LogP contribution in [-0.2, 0) is 6.42 Å². The highest BCUT2D eigenvalue weighted by Gasteiger charge is 1.84. The van der Waals surface area contributed by atoms with Gasteiger partial charge < -0.3 is 0 Å². The van der Waals surface area contributed by atoms with Gasteiger partial charge in [-0.15, -0.1) is 0 Å². The van der Waals surface area contributed by atoms with Gasteiger partial charge in [-0.25, -0.2) is 0 Å². The van der Waals surface area contributed by atoms with Crippen LogP contribution in [0.3, 0.4) is 0 Å². The van der Waals surface area contributed by atoms with Crippen LogP contribution in [0.25, 0.3) is 0 Å². The van der Waals surface area contributed by atoms with Gasteiger partial charge in [0.05, 0.1) is 0 Å². The Morgan fingerprint density at radius 1 is 1.07 bits per heavy atom. The van der Waals surface area contributed by atoms with Gasteiger partial charge in [0.1, 0.15) is 0 Å². The molecular formula is C12H23NO2. The lowest BCUT2D eigenvalue weighted by Gasteiger charge is -1.93. The van der Waals surface area contributed by atoms with Gasteiger partial charge in [0, 0.05) is 7.05 Å². The standard InChI is InChI=1S/C9H12.C2H6.CH5NO2/c1-2-6-9-7-4-3-5-8-9;1-2;1-2(3)4/h3-5,7-8H,2,6H2,1H3;1-2H3;3-4H,1H3. The van der Waals surface area contributed by atoms with Crippen molar-refractivity contribution in [3.8, 4) is 0 Å². The van der Waals surface area contributed by atoms with E-state index in [9.17, 15) is 0 Å². The monoisotopic (exact) mass is 213 g/mol. The predicted octanol–water partition coefficient (Wildman–Crippen LogP) is 3.36. The van der Waals surface area contributed by atoms with Crippen LogP contribution >= 0.6 is 0 Å². The van der Waals surface area contributed by atoms with E-state index in [2.05, 4.69) is 37.3 Å². The molecule has 0 bridgehead atoms.